The van der Waals surface area contributed by atoms with Crippen LogP contribution in [0.15, 0.2) is 146 Å². The van der Waals surface area contributed by atoms with E-state index in [2.05, 4.69) is 167 Å². The van der Waals surface area contributed by atoms with E-state index < -0.39 is 6.10 Å². The predicted molar refractivity (Wildman–Crippen MR) is 362 cm³/mol. The van der Waals surface area contributed by atoms with Gasteiger partial charge >= 0.3 is 17.9 Å². The molecule has 0 bridgehead atoms. The molecular formula is C77H126O6. The number of rotatable bonds is 61. The van der Waals surface area contributed by atoms with E-state index in [0.29, 0.717) is 19.3 Å². The molecule has 0 heterocycles. The maximum Gasteiger partial charge on any atom is 0.306 e. The SMILES string of the molecule is CC/C=C\C/C=C\C/C=C\C/C=C\CCCCCCCCCCCCCCCCC(=O)OCC(COC(=O)CCCCCC/C=C\C/C=C\C/C=C\C/C=C\CC)OC(=O)CCCCCCCCCC/C=C\C/C=C\C/C=C\C/C=C\CC. The van der Waals surface area contributed by atoms with Gasteiger partial charge < -0.3 is 14.2 Å². The summed E-state index contributed by atoms with van der Waals surface area (Å²) in [7, 11) is 0. The first kappa shape index (κ1) is 78.3. The highest BCUT2D eigenvalue weighted by Crippen LogP contribution is 2.16. The van der Waals surface area contributed by atoms with E-state index in [4.69, 9.17) is 14.2 Å². The van der Waals surface area contributed by atoms with Gasteiger partial charge in [0.15, 0.2) is 6.10 Å². The molecule has 0 aliphatic heterocycles. The monoisotopic (exact) mass is 1150 g/mol. The molecule has 0 fully saturated rings. The molecule has 0 aromatic heterocycles. The molecule has 0 amide bonds. The summed E-state index contributed by atoms with van der Waals surface area (Å²) in [6, 6.07) is 0. The largest absolute Gasteiger partial charge is 0.462 e. The fourth-order valence-corrected chi connectivity index (χ4v) is 9.30. The van der Waals surface area contributed by atoms with Gasteiger partial charge in [-0.15, -0.1) is 0 Å². The maximum absolute atomic E-state index is 13.0. The van der Waals surface area contributed by atoms with Crippen molar-refractivity contribution in [3.05, 3.63) is 146 Å². The lowest BCUT2D eigenvalue weighted by molar-refractivity contribution is -0.167. The third-order valence-electron chi connectivity index (χ3n) is 14.3. The van der Waals surface area contributed by atoms with Crippen LogP contribution in [-0.4, -0.2) is 37.2 Å². The van der Waals surface area contributed by atoms with Crippen molar-refractivity contribution in [3.8, 4) is 0 Å². The normalized spacial score (nSPS) is 13.0. The van der Waals surface area contributed by atoms with Gasteiger partial charge in [-0.05, 0) is 135 Å². The second-order valence-electron chi connectivity index (χ2n) is 22.3. The standard InChI is InChI=1S/C77H126O6/c1-4-7-10-13-16-19-22-25-28-31-33-35-36-37-38-39-40-42-43-46-49-52-55-58-61-64-67-70-76(79)82-73-74(72-81-75(78)69-66-63-60-57-54-51-48-45-30-27-24-21-18-15-12-9-6-3)83-77(80)71-68-65-62-59-56-53-50-47-44-41-34-32-29-26-23-20-17-14-11-8-5-2/h7-12,16-21,25-30,33-35,41,48,51,74H,4-6,13-15,22-24,31-32,36-40,42-47,49-50,52-73H2,1-3H3/b10-7-,11-8-,12-9-,19-16-,20-17-,21-18-,28-25-,29-26-,30-27-,35-33-,41-34-,51-48-. The van der Waals surface area contributed by atoms with Crippen molar-refractivity contribution >= 4 is 17.9 Å². The highest BCUT2D eigenvalue weighted by atomic mass is 16.6. The van der Waals surface area contributed by atoms with Crippen LogP contribution in [-0.2, 0) is 28.6 Å². The molecule has 83 heavy (non-hydrogen) atoms. The summed E-state index contributed by atoms with van der Waals surface area (Å²) in [6.07, 6.45) is 100. The molecule has 6 heteroatoms. The molecule has 0 saturated carbocycles. The minimum Gasteiger partial charge on any atom is -0.462 e. The second kappa shape index (κ2) is 69.8. The van der Waals surface area contributed by atoms with E-state index in [1.807, 2.05) is 0 Å². The summed E-state index contributed by atoms with van der Waals surface area (Å²) in [4.78, 5) is 38.5. The van der Waals surface area contributed by atoms with E-state index >= 15 is 0 Å². The first-order valence-electron chi connectivity index (χ1n) is 34.3. The summed E-state index contributed by atoms with van der Waals surface area (Å²) in [5.74, 6) is -0.921. The molecule has 6 nitrogen and oxygen atoms in total. The van der Waals surface area contributed by atoms with Crippen LogP contribution in [0.1, 0.15) is 303 Å². The van der Waals surface area contributed by atoms with Crippen LogP contribution >= 0.6 is 0 Å². The van der Waals surface area contributed by atoms with Crippen molar-refractivity contribution in [2.45, 2.75) is 309 Å². The van der Waals surface area contributed by atoms with E-state index in [1.165, 1.54) is 109 Å². The maximum atomic E-state index is 13.0. The molecule has 0 aliphatic rings. The Balaban J connectivity index is 4.39. The quantitative estimate of drug-likeness (QED) is 0.0261. The summed E-state index contributed by atoms with van der Waals surface area (Å²) < 4.78 is 17.0. The zero-order chi connectivity index (χ0) is 59.9. The van der Waals surface area contributed by atoms with Crippen molar-refractivity contribution in [1.82, 2.24) is 0 Å². The van der Waals surface area contributed by atoms with E-state index in [9.17, 15) is 14.4 Å². The number of carbonyl (C=O) groups is 3. The first-order chi connectivity index (χ1) is 41.0. The van der Waals surface area contributed by atoms with E-state index in [0.717, 1.165) is 154 Å². The Labute approximate surface area is 512 Å². The van der Waals surface area contributed by atoms with Gasteiger partial charge in [0.2, 0.25) is 0 Å². The number of esters is 3. The molecule has 0 spiro atoms. The van der Waals surface area contributed by atoms with Gasteiger partial charge in [0.05, 0.1) is 0 Å². The Hall–Kier alpha value is -4.71. The van der Waals surface area contributed by atoms with Crippen molar-refractivity contribution in [3.63, 3.8) is 0 Å². The number of carbonyl (C=O) groups excluding carboxylic acids is 3. The fourth-order valence-electron chi connectivity index (χ4n) is 9.30. The van der Waals surface area contributed by atoms with Crippen LogP contribution in [0, 0.1) is 0 Å². The Morgan fingerprint density at radius 1 is 0.241 bits per heavy atom. The molecule has 0 aromatic carbocycles. The number of hydrogen-bond acceptors (Lipinski definition) is 6. The van der Waals surface area contributed by atoms with Gasteiger partial charge in [-0.3, -0.25) is 14.4 Å². The van der Waals surface area contributed by atoms with E-state index in [-0.39, 0.29) is 31.1 Å². The lowest BCUT2D eigenvalue weighted by atomic mass is 10.0. The van der Waals surface area contributed by atoms with Gasteiger partial charge in [-0.25, -0.2) is 0 Å². The lowest BCUT2D eigenvalue weighted by Gasteiger charge is -2.18. The molecule has 0 rings (SSSR count). The highest BCUT2D eigenvalue weighted by molar-refractivity contribution is 5.71. The van der Waals surface area contributed by atoms with Crippen LogP contribution in [0.3, 0.4) is 0 Å². The minimum absolute atomic E-state index is 0.0931. The number of hydrogen-bond donors (Lipinski definition) is 0. The molecule has 0 aliphatic carbocycles. The number of allylic oxidation sites excluding steroid dienone is 24. The zero-order valence-electron chi connectivity index (χ0n) is 53.9. The highest BCUT2D eigenvalue weighted by Gasteiger charge is 2.19. The van der Waals surface area contributed by atoms with Gasteiger partial charge in [-0.1, -0.05) is 295 Å². The fraction of sp³-hybridized carbons (Fsp3) is 0.649. The predicted octanol–water partition coefficient (Wildman–Crippen LogP) is 23.9. The molecule has 0 radical (unpaired) electrons. The zero-order valence-corrected chi connectivity index (χ0v) is 53.9. The van der Waals surface area contributed by atoms with Gasteiger partial charge in [-0.2, -0.15) is 0 Å². The molecule has 1 atom stereocenters. The smallest absolute Gasteiger partial charge is 0.306 e. The number of ether oxygens (including phenoxy) is 3. The lowest BCUT2D eigenvalue weighted by Crippen LogP contribution is -2.30. The van der Waals surface area contributed by atoms with Crippen molar-refractivity contribution < 1.29 is 28.6 Å². The topological polar surface area (TPSA) is 78.9 Å². The summed E-state index contributed by atoms with van der Waals surface area (Å²) in [6.45, 7) is 6.29. The van der Waals surface area contributed by atoms with Crippen molar-refractivity contribution in [2.24, 2.45) is 0 Å². The van der Waals surface area contributed by atoms with Crippen molar-refractivity contribution in [2.75, 3.05) is 13.2 Å². The molecule has 0 N–H and O–H groups in total. The molecule has 470 valence electrons. The van der Waals surface area contributed by atoms with Crippen LogP contribution < -0.4 is 0 Å². The molecule has 0 saturated heterocycles. The Morgan fingerprint density at radius 2 is 0.434 bits per heavy atom. The summed E-state index contributed by atoms with van der Waals surface area (Å²) >= 11 is 0. The third kappa shape index (κ3) is 68.0. The first-order valence-corrected chi connectivity index (χ1v) is 34.3. The molecule has 1 unspecified atom stereocenters. The van der Waals surface area contributed by atoms with Crippen LogP contribution in [0.5, 0.6) is 0 Å². The molecular weight excluding hydrogens is 1020 g/mol. The Kier molecular flexibility index (Phi) is 65.8. The average molecular weight is 1150 g/mol. The summed E-state index contributed by atoms with van der Waals surface area (Å²) in [5, 5.41) is 0. The summed E-state index contributed by atoms with van der Waals surface area (Å²) in [5.41, 5.74) is 0. The van der Waals surface area contributed by atoms with Gasteiger partial charge in [0.25, 0.3) is 0 Å². The Morgan fingerprint density at radius 3 is 0.675 bits per heavy atom. The minimum atomic E-state index is -0.801. The van der Waals surface area contributed by atoms with E-state index in [1.54, 1.807) is 0 Å². The molecule has 0 aromatic rings. The van der Waals surface area contributed by atoms with Gasteiger partial charge in [0.1, 0.15) is 13.2 Å². The average Bonchev–Trinajstić information content (AvgIpc) is 3.49. The Bertz CT molecular complexity index is 1800. The number of unbranched alkanes of at least 4 members (excludes halogenated alkanes) is 26. The van der Waals surface area contributed by atoms with Gasteiger partial charge in [0, 0.05) is 19.3 Å². The van der Waals surface area contributed by atoms with Crippen LogP contribution in [0.25, 0.3) is 0 Å². The van der Waals surface area contributed by atoms with Crippen LogP contribution in [0.2, 0.25) is 0 Å². The second-order valence-corrected chi connectivity index (χ2v) is 22.3. The van der Waals surface area contributed by atoms with Crippen LogP contribution in [0.4, 0.5) is 0 Å². The third-order valence-corrected chi connectivity index (χ3v) is 14.3. The van der Waals surface area contributed by atoms with Crippen molar-refractivity contribution in [1.29, 1.82) is 0 Å².